The molecule has 1 heterocycles. The van der Waals surface area contributed by atoms with Crippen molar-refractivity contribution < 1.29 is 9.21 Å². The van der Waals surface area contributed by atoms with Gasteiger partial charge in [-0.2, -0.15) is 0 Å². The van der Waals surface area contributed by atoms with Gasteiger partial charge in [-0.1, -0.05) is 19.8 Å². The fourth-order valence-electron chi connectivity index (χ4n) is 2.42. The van der Waals surface area contributed by atoms with Crippen molar-refractivity contribution >= 4 is 5.91 Å². The molecule has 16 heavy (non-hydrogen) atoms. The highest BCUT2D eigenvalue weighted by Crippen LogP contribution is 2.23. The van der Waals surface area contributed by atoms with Crippen LogP contribution in [0.25, 0.3) is 0 Å². The van der Waals surface area contributed by atoms with E-state index in [-0.39, 0.29) is 5.91 Å². The molecule has 1 amide bonds. The third kappa shape index (κ3) is 2.46. The van der Waals surface area contributed by atoms with Gasteiger partial charge in [-0.25, -0.2) is 0 Å². The Kier molecular flexibility index (Phi) is 3.32. The predicted octanol–water partition coefficient (Wildman–Crippen LogP) is 2.90. The molecule has 0 bridgehead atoms. The summed E-state index contributed by atoms with van der Waals surface area (Å²) in [4.78, 5) is 11.9. The largest absolute Gasteiger partial charge is 0.459 e. The lowest BCUT2D eigenvalue weighted by atomic mass is 9.87. The van der Waals surface area contributed by atoms with Crippen molar-refractivity contribution in [2.45, 2.75) is 45.6 Å². The van der Waals surface area contributed by atoms with Gasteiger partial charge in [0.15, 0.2) is 5.76 Å². The quantitative estimate of drug-likeness (QED) is 0.834. The van der Waals surface area contributed by atoms with Gasteiger partial charge in [0.25, 0.3) is 5.91 Å². The molecule has 88 valence electrons. The first-order valence-corrected chi connectivity index (χ1v) is 6.01. The standard InChI is InChI=1S/C13H19NO2/c1-9-4-3-5-11(8-9)14-13(15)12-10(2)6-7-16-12/h6-7,9,11H,3-5,8H2,1-2H3,(H,14,15). The van der Waals surface area contributed by atoms with Crippen LogP contribution in [0.15, 0.2) is 16.7 Å². The zero-order valence-electron chi connectivity index (χ0n) is 9.95. The molecular weight excluding hydrogens is 202 g/mol. The fourth-order valence-corrected chi connectivity index (χ4v) is 2.42. The average molecular weight is 221 g/mol. The van der Waals surface area contributed by atoms with Gasteiger partial charge in [-0.05, 0) is 31.7 Å². The number of carbonyl (C=O) groups is 1. The second kappa shape index (κ2) is 4.73. The molecule has 1 aliphatic carbocycles. The Hall–Kier alpha value is -1.25. The van der Waals surface area contributed by atoms with Gasteiger partial charge < -0.3 is 9.73 Å². The minimum atomic E-state index is -0.0680. The number of aryl methyl sites for hydroxylation is 1. The molecule has 0 saturated heterocycles. The fraction of sp³-hybridized carbons (Fsp3) is 0.615. The van der Waals surface area contributed by atoms with E-state index in [2.05, 4.69) is 12.2 Å². The van der Waals surface area contributed by atoms with Gasteiger partial charge in [-0.15, -0.1) is 0 Å². The third-order valence-corrected chi connectivity index (χ3v) is 3.34. The topological polar surface area (TPSA) is 42.2 Å². The summed E-state index contributed by atoms with van der Waals surface area (Å²) < 4.78 is 5.18. The molecule has 0 radical (unpaired) electrons. The number of amides is 1. The zero-order valence-corrected chi connectivity index (χ0v) is 9.95. The van der Waals surface area contributed by atoms with Crippen molar-refractivity contribution in [1.82, 2.24) is 5.32 Å². The van der Waals surface area contributed by atoms with Gasteiger partial charge in [0.2, 0.25) is 0 Å². The molecule has 0 aromatic carbocycles. The molecule has 1 aromatic rings. The van der Waals surface area contributed by atoms with Crippen molar-refractivity contribution in [3.05, 3.63) is 23.7 Å². The molecule has 1 fully saturated rings. The Morgan fingerprint density at radius 2 is 2.31 bits per heavy atom. The Labute approximate surface area is 96.2 Å². The van der Waals surface area contributed by atoms with E-state index in [0.717, 1.165) is 24.3 Å². The lowest BCUT2D eigenvalue weighted by Crippen LogP contribution is -2.38. The molecule has 3 nitrogen and oxygen atoms in total. The van der Waals surface area contributed by atoms with Crippen LogP contribution in [0, 0.1) is 12.8 Å². The maximum atomic E-state index is 11.9. The van der Waals surface area contributed by atoms with E-state index in [1.165, 1.54) is 12.8 Å². The minimum Gasteiger partial charge on any atom is -0.459 e. The predicted molar refractivity (Wildman–Crippen MR) is 62.3 cm³/mol. The summed E-state index contributed by atoms with van der Waals surface area (Å²) >= 11 is 0. The molecule has 2 rings (SSSR count). The van der Waals surface area contributed by atoms with Crippen LogP contribution in [-0.2, 0) is 0 Å². The van der Waals surface area contributed by atoms with Gasteiger partial charge in [0.05, 0.1) is 6.26 Å². The summed E-state index contributed by atoms with van der Waals surface area (Å²) in [5.41, 5.74) is 0.904. The lowest BCUT2D eigenvalue weighted by molar-refractivity contribution is 0.0892. The number of nitrogens with one attached hydrogen (secondary N) is 1. The monoisotopic (exact) mass is 221 g/mol. The Morgan fingerprint density at radius 1 is 1.50 bits per heavy atom. The zero-order chi connectivity index (χ0) is 11.5. The molecule has 1 N–H and O–H groups in total. The molecule has 1 aliphatic rings. The SMILES string of the molecule is Cc1ccoc1C(=O)NC1CCCC(C)C1. The molecule has 3 heteroatoms. The van der Waals surface area contributed by atoms with Crippen molar-refractivity contribution in [3.8, 4) is 0 Å². The lowest BCUT2D eigenvalue weighted by Gasteiger charge is -2.27. The second-order valence-electron chi connectivity index (χ2n) is 4.87. The van der Waals surface area contributed by atoms with Gasteiger partial charge in [0, 0.05) is 11.6 Å². The number of hydrogen-bond acceptors (Lipinski definition) is 2. The first kappa shape index (κ1) is 11.2. The summed E-state index contributed by atoms with van der Waals surface area (Å²) in [6, 6.07) is 2.14. The van der Waals surface area contributed by atoms with Crippen LogP contribution in [0.5, 0.6) is 0 Å². The Balaban J connectivity index is 1.95. The van der Waals surface area contributed by atoms with E-state index < -0.39 is 0 Å². The molecule has 2 atom stereocenters. The maximum Gasteiger partial charge on any atom is 0.287 e. The van der Waals surface area contributed by atoms with Crippen LogP contribution in [0.4, 0.5) is 0 Å². The van der Waals surface area contributed by atoms with E-state index in [4.69, 9.17) is 4.42 Å². The van der Waals surface area contributed by atoms with Crippen LogP contribution in [0.3, 0.4) is 0 Å². The summed E-state index contributed by atoms with van der Waals surface area (Å²) in [5, 5.41) is 3.06. The van der Waals surface area contributed by atoms with Crippen molar-refractivity contribution in [3.63, 3.8) is 0 Å². The Bertz CT molecular complexity index is 370. The highest BCUT2D eigenvalue weighted by molar-refractivity contribution is 5.92. The average Bonchev–Trinajstić information content (AvgIpc) is 2.64. The van der Waals surface area contributed by atoms with E-state index in [0.29, 0.717) is 11.8 Å². The van der Waals surface area contributed by atoms with E-state index in [1.807, 2.05) is 13.0 Å². The first-order chi connectivity index (χ1) is 7.66. The summed E-state index contributed by atoms with van der Waals surface area (Å²) in [6.45, 7) is 4.14. The van der Waals surface area contributed by atoms with Crippen LogP contribution >= 0.6 is 0 Å². The van der Waals surface area contributed by atoms with Crippen LogP contribution in [0.2, 0.25) is 0 Å². The van der Waals surface area contributed by atoms with Crippen LogP contribution in [0.1, 0.15) is 48.7 Å². The molecule has 1 saturated carbocycles. The first-order valence-electron chi connectivity index (χ1n) is 6.01. The smallest absolute Gasteiger partial charge is 0.287 e. The molecule has 1 aromatic heterocycles. The summed E-state index contributed by atoms with van der Waals surface area (Å²) in [7, 11) is 0. The molecule has 0 aliphatic heterocycles. The number of carbonyl (C=O) groups excluding carboxylic acids is 1. The minimum absolute atomic E-state index is 0.0680. The summed E-state index contributed by atoms with van der Waals surface area (Å²) in [5.74, 6) is 1.11. The third-order valence-electron chi connectivity index (χ3n) is 3.34. The Morgan fingerprint density at radius 3 is 2.94 bits per heavy atom. The van der Waals surface area contributed by atoms with Crippen molar-refractivity contribution in [2.75, 3.05) is 0 Å². The number of rotatable bonds is 2. The maximum absolute atomic E-state index is 11.9. The van der Waals surface area contributed by atoms with Crippen molar-refractivity contribution in [2.24, 2.45) is 5.92 Å². The highest BCUT2D eigenvalue weighted by atomic mass is 16.3. The highest BCUT2D eigenvalue weighted by Gasteiger charge is 2.22. The summed E-state index contributed by atoms with van der Waals surface area (Å²) in [6.07, 6.45) is 6.24. The molecule has 2 unspecified atom stereocenters. The van der Waals surface area contributed by atoms with E-state index >= 15 is 0 Å². The second-order valence-corrected chi connectivity index (χ2v) is 4.87. The van der Waals surface area contributed by atoms with Gasteiger partial charge in [-0.3, -0.25) is 4.79 Å². The van der Waals surface area contributed by atoms with Crippen LogP contribution in [-0.4, -0.2) is 11.9 Å². The number of furan rings is 1. The van der Waals surface area contributed by atoms with E-state index in [1.54, 1.807) is 6.26 Å². The van der Waals surface area contributed by atoms with Gasteiger partial charge >= 0.3 is 0 Å². The normalized spacial score (nSPS) is 25.4. The molecule has 0 spiro atoms. The van der Waals surface area contributed by atoms with Gasteiger partial charge in [0.1, 0.15) is 0 Å². The van der Waals surface area contributed by atoms with Crippen molar-refractivity contribution in [1.29, 1.82) is 0 Å². The van der Waals surface area contributed by atoms with Crippen LogP contribution < -0.4 is 5.32 Å². The molecular formula is C13H19NO2. The van der Waals surface area contributed by atoms with E-state index in [9.17, 15) is 4.79 Å². The number of hydrogen-bond donors (Lipinski definition) is 1.